The lowest BCUT2D eigenvalue weighted by Crippen LogP contribution is -2.43. The Morgan fingerprint density at radius 2 is 2.00 bits per heavy atom. The fourth-order valence-electron chi connectivity index (χ4n) is 0.669. The molecule has 12 heavy (non-hydrogen) atoms. The summed E-state index contributed by atoms with van der Waals surface area (Å²) in [5.74, 6) is -0.0487. The van der Waals surface area contributed by atoms with Crippen LogP contribution >= 0.6 is 0 Å². The molecule has 0 spiro atoms. The molecule has 0 aliphatic heterocycles. The van der Waals surface area contributed by atoms with Crippen molar-refractivity contribution in [1.82, 2.24) is 5.32 Å². The van der Waals surface area contributed by atoms with Crippen LogP contribution in [0.4, 0.5) is 0 Å². The van der Waals surface area contributed by atoms with Gasteiger partial charge in [0, 0.05) is 6.54 Å². The van der Waals surface area contributed by atoms with Gasteiger partial charge in [0.1, 0.15) is 0 Å². The molecule has 3 heteroatoms. The Bertz CT molecular complexity index is 149. The van der Waals surface area contributed by atoms with Gasteiger partial charge in [-0.1, -0.05) is 27.7 Å². The molecule has 0 saturated carbocycles. The van der Waals surface area contributed by atoms with Gasteiger partial charge < -0.3 is 11.1 Å². The third-order valence-corrected chi connectivity index (χ3v) is 1.57. The molecule has 0 aliphatic carbocycles. The third-order valence-electron chi connectivity index (χ3n) is 1.57. The molecule has 0 aromatic rings. The van der Waals surface area contributed by atoms with Crippen molar-refractivity contribution in [1.29, 1.82) is 0 Å². The molecule has 0 aliphatic rings. The van der Waals surface area contributed by atoms with Gasteiger partial charge in [-0.3, -0.25) is 4.79 Å². The highest BCUT2D eigenvalue weighted by molar-refractivity contribution is 5.81. The molecule has 0 radical (unpaired) electrons. The Balaban J connectivity index is 3.72. The quantitative estimate of drug-likeness (QED) is 0.664. The van der Waals surface area contributed by atoms with Gasteiger partial charge in [0.2, 0.25) is 5.91 Å². The van der Waals surface area contributed by atoms with Gasteiger partial charge in [-0.15, -0.1) is 0 Å². The Morgan fingerprint density at radius 3 is 2.33 bits per heavy atom. The number of nitrogens with one attached hydrogen (secondary N) is 1. The van der Waals surface area contributed by atoms with Crippen LogP contribution in [0.15, 0.2) is 0 Å². The molecule has 72 valence electrons. The maximum Gasteiger partial charge on any atom is 0.236 e. The van der Waals surface area contributed by atoms with Crippen molar-refractivity contribution in [3.63, 3.8) is 0 Å². The normalized spacial score (nSPS) is 14.1. The van der Waals surface area contributed by atoms with Gasteiger partial charge in [-0.2, -0.15) is 0 Å². The van der Waals surface area contributed by atoms with Gasteiger partial charge in [0.15, 0.2) is 0 Å². The largest absolute Gasteiger partial charge is 0.354 e. The van der Waals surface area contributed by atoms with E-state index in [0.717, 1.165) is 0 Å². The molecular weight excluding hydrogens is 152 g/mol. The smallest absolute Gasteiger partial charge is 0.236 e. The Hall–Kier alpha value is -0.570. The predicted octanol–water partition coefficient (Wildman–Crippen LogP) is 0.886. The number of amides is 1. The first-order valence-electron chi connectivity index (χ1n) is 4.40. The van der Waals surface area contributed by atoms with Crippen LogP contribution in [0, 0.1) is 5.41 Å². The van der Waals surface area contributed by atoms with Gasteiger partial charge in [0.25, 0.3) is 0 Å². The van der Waals surface area contributed by atoms with E-state index in [1.165, 1.54) is 0 Å². The second-order valence-electron chi connectivity index (χ2n) is 4.29. The van der Waals surface area contributed by atoms with Crippen molar-refractivity contribution < 1.29 is 4.79 Å². The van der Waals surface area contributed by atoms with Crippen molar-refractivity contribution in [3.8, 4) is 0 Å². The van der Waals surface area contributed by atoms with E-state index in [4.69, 9.17) is 5.73 Å². The number of rotatable bonds is 3. The van der Waals surface area contributed by atoms with E-state index in [0.29, 0.717) is 13.0 Å². The summed E-state index contributed by atoms with van der Waals surface area (Å²) in [5.41, 5.74) is 5.66. The molecule has 0 aromatic heterocycles. The van der Waals surface area contributed by atoms with Gasteiger partial charge >= 0.3 is 0 Å². The van der Waals surface area contributed by atoms with Crippen LogP contribution in [-0.4, -0.2) is 18.5 Å². The summed E-state index contributed by atoms with van der Waals surface area (Å²) in [6, 6.07) is -0.354. The van der Waals surface area contributed by atoms with E-state index in [1.807, 2.05) is 6.92 Å². The summed E-state index contributed by atoms with van der Waals surface area (Å²) in [5, 5.41) is 2.81. The average Bonchev–Trinajstić information content (AvgIpc) is 1.97. The second kappa shape index (κ2) is 4.45. The highest BCUT2D eigenvalue weighted by Crippen LogP contribution is 2.10. The topological polar surface area (TPSA) is 55.1 Å². The van der Waals surface area contributed by atoms with Crippen LogP contribution in [-0.2, 0) is 4.79 Å². The molecule has 1 amide bonds. The Morgan fingerprint density at radius 1 is 1.50 bits per heavy atom. The Labute approximate surface area is 74.7 Å². The van der Waals surface area contributed by atoms with E-state index in [1.54, 1.807) is 0 Å². The second-order valence-corrected chi connectivity index (χ2v) is 4.29. The molecule has 0 bridgehead atoms. The Kier molecular flexibility index (Phi) is 4.24. The summed E-state index contributed by atoms with van der Waals surface area (Å²) in [6.45, 7) is 8.81. The van der Waals surface area contributed by atoms with Gasteiger partial charge in [-0.25, -0.2) is 0 Å². The minimum atomic E-state index is -0.354. The zero-order chi connectivity index (χ0) is 9.78. The van der Waals surface area contributed by atoms with Crippen LogP contribution in [0.25, 0.3) is 0 Å². The van der Waals surface area contributed by atoms with Crippen molar-refractivity contribution in [2.45, 2.75) is 40.2 Å². The summed E-state index contributed by atoms with van der Waals surface area (Å²) in [6.07, 6.45) is 0.690. The standard InChI is InChI=1S/C9H20N2O/c1-5-7(10)8(12)11-6-9(2,3)4/h7H,5-6,10H2,1-4H3,(H,11,12)/t7-/m1/s1. The minimum Gasteiger partial charge on any atom is -0.354 e. The molecule has 0 rings (SSSR count). The lowest BCUT2D eigenvalue weighted by Gasteiger charge is -2.20. The monoisotopic (exact) mass is 172 g/mol. The molecule has 1 atom stereocenters. The average molecular weight is 172 g/mol. The first-order valence-corrected chi connectivity index (χ1v) is 4.40. The molecular formula is C9H20N2O. The minimum absolute atomic E-state index is 0.0487. The zero-order valence-electron chi connectivity index (χ0n) is 8.48. The number of hydrogen-bond donors (Lipinski definition) is 2. The fraction of sp³-hybridized carbons (Fsp3) is 0.889. The van der Waals surface area contributed by atoms with Crippen LogP contribution < -0.4 is 11.1 Å². The van der Waals surface area contributed by atoms with Crippen LogP contribution in [0.3, 0.4) is 0 Å². The first kappa shape index (κ1) is 11.4. The van der Waals surface area contributed by atoms with E-state index in [9.17, 15) is 4.79 Å². The van der Waals surface area contributed by atoms with E-state index in [2.05, 4.69) is 26.1 Å². The summed E-state index contributed by atoms with van der Waals surface area (Å²) in [7, 11) is 0. The van der Waals surface area contributed by atoms with Crippen molar-refractivity contribution in [2.24, 2.45) is 11.1 Å². The fourth-order valence-corrected chi connectivity index (χ4v) is 0.669. The molecule has 0 unspecified atom stereocenters. The van der Waals surface area contributed by atoms with E-state index < -0.39 is 0 Å². The maximum atomic E-state index is 11.2. The third kappa shape index (κ3) is 5.13. The summed E-state index contributed by atoms with van der Waals surface area (Å²) in [4.78, 5) is 11.2. The van der Waals surface area contributed by atoms with Crippen molar-refractivity contribution >= 4 is 5.91 Å². The molecule has 3 N–H and O–H groups in total. The first-order chi connectivity index (χ1) is 5.37. The van der Waals surface area contributed by atoms with Crippen molar-refractivity contribution in [3.05, 3.63) is 0 Å². The summed E-state index contributed by atoms with van der Waals surface area (Å²) >= 11 is 0. The SMILES string of the molecule is CC[C@@H](N)C(=O)NCC(C)(C)C. The molecule has 0 saturated heterocycles. The van der Waals surface area contributed by atoms with Gasteiger partial charge in [-0.05, 0) is 11.8 Å². The zero-order valence-corrected chi connectivity index (χ0v) is 8.48. The number of hydrogen-bond acceptors (Lipinski definition) is 2. The maximum absolute atomic E-state index is 11.2. The summed E-state index contributed by atoms with van der Waals surface area (Å²) < 4.78 is 0. The van der Waals surface area contributed by atoms with Gasteiger partial charge in [0.05, 0.1) is 6.04 Å². The van der Waals surface area contributed by atoms with Crippen LogP contribution in [0.5, 0.6) is 0 Å². The molecule has 3 nitrogen and oxygen atoms in total. The molecule has 0 fully saturated rings. The molecule has 0 heterocycles. The predicted molar refractivity (Wildman–Crippen MR) is 50.7 cm³/mol. The van der Waals surface area contributed by atoms with Crippen LogP contribution in [0.1, 0.15) is 34.1 Å². The van der Waals surface area contributed by atoms with E-state index >= 15 is 0 Å². The lowest BCUT2D eigenvalue weighted by molar-refractivity contribution is -0.122. The van der Waals surface area contributed by atoms with Crippen molar-refractivity contribution in [2.75, 3.05) is 6.54 Å². The number of carbonyl (C=O) groups is 1. The highest BCUT2D eigenvalue weighted by atomic mass is 16.2. The highest BCUT2D eigenvalue weighted by Gasteiger charge is 2.15. The number of carbonyl (C=O) groups excluding carboxylic acids is 1. The van der Waals surface area contributed by atoms with Crippen LogP contribution in [0.2, 0.25) is 0 Å². The lowest BCUT2D eigenvalue weighted by atomic mass is 9.97. The molecule has 0 aromatic carbocycles. The number of nitrogens with two attached hydrogens (primary N) is 1. The van der Waals surface area contributed by atoms with E-state index in [-0.39, 0.29) is 17.4 Å².